The van der Waals surface area contributed by atoms with Gasteiger partial charge in [0.2, 0.25) is 0 Å². The van der Waals surface area contributed by atoms with Crippen LogP contribution < -0.4 is 0 Å². The minimum Gasteiger partial charge on any atom is -0.478 e. The maximum atomic E-state index is 12.9. The first-order valence-corrected chi connectivity index (χ1v) is 6.78. The Morgan fingerprint density at radius 3 is 2.48 bits per heavy atom. The topological polar surface area (TPSA) is 59.4 Å². The van der Waals surface area contributed by atoms with Crippen molar-refractivity contribution in [1.82, 2.24) is 4.98 Å². The highest BCUT2D eigenvalue weighted by Crippen LogP contribution is 2.48. The Balaban J connectivity index is 2.12. The van der Waals surface area contributed by atoms with Crippen LogP contribution in [0.4, 0.5) is 13.2 Å². The molecule has 0 unspecified atom stereocenters. The quantitative estimate of drug-likeness (QED) is 0.911. The van der Waals surface area contributed by atoms with Crippen molar-refractivity contribution in [2.75, 3.05) is 6.61 Å². The zero-order chi connectivity index (χ0) is 15.3. The van der Waals surface area contributed by atoms with Crippen LogP contribution in [-0.4, -0.2) is 22.7 Å². The number of hydrogen-bond acceptors (Lipinski definition) is 3. The molecule has 3 heterocycles. The van der Waals surface area contributed by atoms with Gasteiger partial charge in [-0.15, -0.1) is 0 Å². The van der Waals surface area contributed by atoms with E-state index in [0.717, 1.165) is 18.9 Å². The van der Waals surface area contributed by atoms with E-state index in [0.29, 0.717) is 31.4 Å². The molecule has 0 aromatic carbocycles. The molecule has 0 atom stereocenters. The summed E-state index contributed by atoms with van der Waals surface area (Å²) in [5.41, 5.74) is -2.34. The molecule has 1 aromatic heterocycles. The van der Waals surface area contributed by atoms with E-state index in [1.807, 2.05) is 0 Å². The number of aromatic carboxylic acids is 1. The molecule has 1 aromatic rings. The number of fused-ring (bicyclic) bond motifs is 3. The molecule has 114 valence electrons. The predicted octanol–water partition coefficient (Wildman–Crippen LogP) is 3.21. The van der Waals surface area contributed by atoms with Gasteiger partial charge in [0, 0.05) is 0 Å². The number of aromatic nitrogens is 1. The van der Waals surface area contributed by atoms with Crippen LogP contribution in [-0.2, 0) is 16.5 Å². The van der Waals surface area contributed by atoms with Crippen LogP contribution >= 0.6 is 0 Å². The van der Waals surface area contributed by atoms with Crippen LogP contribution in [0.2, 0.25) is 0 Å². The Morgan fingerprint density at radius 1 is 1.33 bits per heavy atom. The number of pyridine rings is 1. The summed E-state index contributed by atoms with van der Waals surface area (Å²) in [4.78, 5) is 14.9. The highest BCUT2D eigenvalue weighted by Gasteiger charge is 2.47. The minimum atomic E-state index is -4.60. The normalized spacial score (nSPS) is 28.6. The summed E-state index contributed by atoms with van der Waals surface area (Å²) in [6, 6.07) is 1.68. The van der Waals surface area contributed by atoms with Crippen molar-refractivity contribution in [1.29, 1.82) is 0 Å². The summed E-state index contributed by atoms with van der Waals surface area (Å²) in [6.07, 6.45) is -1.90. The third kappa shape index (κ3) is 2.39. The van der Waals surface area contributed by atoms with Crippen molar-refractivity contribution in [3.63, 3.8) is 0 Å². The summed E-state index contributed by atoms with van der Waals surface area (Å²) >= 11 is 0. The van der Waals surface area contributed by atoms with E-state index in [9.17, 15) is 23.1 Å². The number of halogens is 3. The third-order valence-corrected chi connectivity index (χ3v) is 4.36. The van der Waals surface area contributed by atoms with Crippen molar-refractivity contribution in [2.45, 2.75) is 37.5 Å². The van der Waals surface area contributed by atoms with E-state index in [2.05, 4.69) is 4.98 Å². The molecule has 0 spiro atoms. The smallest absolute Gasteiger partial charge is 0.433 e. The van der Waals surface area contributed by atoms with Gasteiger partial charge in [-0.3, -0.25) is 0 Å². The van der Waals surface area contributed by atoms with Gasteiger partial charge in [0.05, 0.1) is 17.9 Å². The highest BCUT2D eigenvalue weighted by molar-refractivity contribution is 5.89. The van der Waals surface area contributed by atoms with Crippen LogP contribution in [0.15, 0.2) is 12.1 Å². The lowest BCUT2D eigenvalue weighted by atomic mass is 9.73. The Bertz CT molecular complexity index is 564. The third-order valence-electron chi connectivity index (χ3n) is 4.36. The summed E-state index contributed by atoms with van der Waals surface area (Å²) in [6.45, 7) is 0.455. The molecule has 7 heteroatoms. The molecule has 0 radical (unpaired) electrons. The van der Waals surface area contributed by atoms with Gasteiger partial charge in [-0.05, 0) is 43.7 Å². The highest BCUT2D eigenvalue weighted by atomic mass is 19.4. The first kappa shape index (κ1) is 14.3. The average Bonchev–Trinajstić information content (AvgIpc) is 2.47. The molecule has 3 aliphatic rings. The van der Waals surface area contributed by atoms with Crippen LogP contribution in [0, 0.1) is 5.92 Å². The van der Waals surface area contributed by atoms with Gasteiger partial charge in [0.1, 0.15) is 11.3 Å². The molecule has 1 N–H and O–H groups in total. The number of ether oxygens (including phenoxy) is 1. The first-order valence-electron chi connectivity index (χ1n) is 6.78. The lowest BCUT2D eigenvalue weighted by molar-refractivity contribution is -0.156. The van der Waals surface area contributed by atoms with Gasteiger partial charge in [0.15, 0.2) is 0 Å². The fourth-order valence-electron chi connectivity index (χ4n) is 3.17. The first-order chi connectivity index (χ1) is 9.82. The summed E-state index contributed by atoms with van der Waals surface area (Å²) in [5.74, 6) is -0.858. The largest absolute Gasteiger partial charge is 0.478 e. The fourth-order valence-corrected chi connectivity index (χ4v) is 3.17. The summed E-state index contributed by atoms with van der Waals surface area (Å²) in [7, 11) is 0. The number of carboxylic acid groups (broad SMARTS) is 1. The van der Waals surface area contributed by atoms with E-state index < -0.39 is 23.4 Å². The molecule has 2 aliphatic heterocycles. The fraction of sp³-hybridized carbons (Fsp3) is 0.571. The van der Waals surface area contributed by atoms with Gasteiger partial charge < -0.3 is 9.84 Å². The minimum absolute atomic E-state index is 0.0806. The number of nitrogens with zero attached hydrogens (tertiary/aromatic N) is 1. The maximum Gasteiger partial charge on any atom is 0.433 e. The number of alkyl halides is 3. The molecule has 2 saturated heterocycles. The number of rotatable bonds is 2. The second kappa shape index (κ2) is 4.69. The molecular formula is C14H14F3NO3. The second-order valence-electron chi connectivity index (χ2n) is 5.64. The van der Waals surface area contributed by atoms with Crippen molar-refractivity contribution < 1.29 is 27.8 Å². The van der Waals surface area contributed by atoms with Crippen molar-refractivity contribution >= 4 is 5.97 Å². The predicted molar refractivity (Wildman–Crippen MR) is 65.8 cm³/mol. The van der Waals surface area contributed by atoms with Crippen LogP contribution in [0.25, 0.3) is 0 Å². The molecule has 4 nitrogen and oxygen atoms in total. The monoisotopic (exact) mass is 301 g/mol. The Kier molecular flexibility index (Phi) is 3.20. The van der Waals surface area contributed by atoms with E-state index >= 15 is 0 Å². The second-order valence-corrected chi connectivity index (χ2v) is 5.64. The molecule has 2 bridgehead atoms. The molecule has 1 saturated carbocycles. The Hall–Kier alpha value is -1.63. The SMILES string of the molecule is O=C(O)c1ccc(C(F)(F)F)nc1C12CCC(CC1)CO2. The van der Waals surface area contributed by atoms with E-state index in [1.54, 1.807) is 0 Å². The lowest BCUT2D eigenvalue weighted by Gasteiger charge is -2.46. The molecule has 3 fully saturated rings. The summed E-state index contributed by atoms with van der Waals surface area (Å²) in [5, 5.41) is 9.24. The van der Waals surface area contributed by atoms with Gasteiger partial charge in [0.25, 0.3) is 0 Å². The molecule has 21 heavy (non-hydrogen) atoms. The van der Waals surface area contributed by atoms with Gasteiger partial charge >= 0.3 is 12.1 Å². The van der Waals surface area contributed by atoms with Gasteiger partial charge in [-0.1, -0.05) is 0 Å². The average molecular weight is 301 g/mol. The summed E-state index contributed by atoms with van der Waals surface area (Å²) < 4.78 is 44.3. The van der Waals surface area contributed by atoms with Crippen molar-refractivity contribution in [2.24, 2.45) is 5.92 Å². The van der Waals surface area contributed by atoms with E-state index in [4.69, 9.17) is 4.74 Å². The Labute approximate surface area is 118 Å². The maximum absolute atomic E-state index is 12.9. The zero-order valence-electron chi connectivity index (χ0n) is 11.1. The van der Waals surface area contributed by atoms with Crippen LogP contribution in [0.1, 0.15) is 47.4 Å². The molecular weight excluding hydrogens is 287 g/mol. The Morgan fingerprint density at radius 2 is 2.00 bits per heavy atom. The molecule has 4 rings (SSSR count). The van der Waals surface area contributed by atoms with Crippen LogP contribution in [0.3, 0.4) is 0 Å². The van der Waals surface area contributed by atoms with E-state index in [-0.39, 0.29) is 11.3 Å². The molecule has 0 amide bonds. The lowest BCUT2D eigenvalue weighted by Crippen LogP contribution is -2.44. The van der Waals surface area contributed by atoms with Crippen LogP contribution in [0.5, 0.6) is 0 Å². The van der Waals surface area contributed by atoms with Gasteiger partial charge in [-0.2, -0.15) is 13.2 Å². The number of carbonyl (C=O) groups is 1. The van der Waals surface area contributed by atoms with E-state index in [1.165, 1.54) is 0 Å². The van der Waals surface area contributed by atoms with Gasteiger partial charge in [-0.25, -0.2) is 9.78 Å². The van der Waals surface area contributed by atoms with Crippen molar-refractivity contribution in [3.8, 4) is 0 Å². The van der Waals surface area contributed by atoms with Crippen molar-refractivity contribution in [3.05, 3.63) is 29.1 Å². The standard InChI is InChI=1S/C14H14F3NO3/c15-14(16,17)10-2-1-9(12(19)20)11(18-10)13-5-3-8(4-6-13)7-21-13/h1-2,8H,3-7H2,(H,19,20). The number of carboxylic acids is 1. The number of hydrogen-bond donors (Lipinski definition) is 1. The molecule has 1 aliphatic carbocycles. The zero-order valence-corrected chi connectivity index (χ0v) is 11.1.